The highest BCUT2D eigenvalue weighted by Crippen LogP contribution is 2.18. The largest absolute Gasteiger partial charge is 0.497 e. The number of benzene rings is 2. The fourth-order valence-electron chi connectivity index (χ4n) is 2.21. The van der Waals surface area contributed by atoms with Crippen LogP contribution in [-0.2, 0) is 10.0 Å². The van der Waals surface area contributed by atoms with Crippen LogP contribution in [0.25, 0.3) is 0 Å². The number of para-hydroxylation sites is 1. The van der Waals surface area contributed by atoms with Crippen molar-refractivity contribution in [2.24, 2.45) is 0 Å². The average molecular weight is 378 g/mol. The number of hydrogen-bond acceptors (Lipinski definition) is 5. The third-order valence-corrected chi connectivity index (χ3v) is 3.99. The van der Waals surface area contributed by atoms with E-state index in [9.17, 15) is 13.2 Å². The number of carbonyl (C=O) groups is 1. The molecule has 0 saturated carbocycles. The standard InChI is InChI=1S/C18H22N2O5S/c1-13(12-25-15-10-8-14(24-2)9-11-15)19-18(21)16-6-4-5-7-17(16)20-26(3,22)23/h4-11,13,20H,12H2,1-3H3,(H,19,21)/t13-/m0/s1. The van der Waals surface area contributed by atoms with Gasteiger partial charge in [0, 0.05) is 0 Å². The zero-order chi connectivity index (χ0) is 19.2. The Kier molecular flexibility index (Phi) is 6.46. The predicted molar refractivity (Wildman–Crippen MR) is 100 cm³/mol. The number of sulfonamides is 1. The Morgan fingerprint density at radius 3 is 2.31 bits per heavy atom. The van der Waals surface area contributed by atoms with Gasteiger partial charge in [-0.1, -0.05) is 12.1 Å². The Balaban J connectivity index is 1.96. The van der Waals surface area contributed by atoms with Crippen molar-refractivity contribution in [3.05, 3.63) is 54.1 Å². The normalized spacial score (nSPS) is 12.1. The maximum absolute atomic E-state index is 12.4. The van der Waals surface area contributed by atoms with Crippen LogP contribution >= 0.6 is 0 Å². The number of carbonyl (C=O) groups excluding carboxylic acids is 1. The lowest BCUT2D eigenvalue weighted by molar-refractivity contribution is 0.0927. The van der Waals surface area contributed by atoms with Gasteiger partial charge in [0.15, 0.2) is 0 Å². The van der Waals surface area contributed by atoms with Crippen LogP contribution in [0.15, 0.2) is 48.5 Å². The van der Waals surface area contributed by atoms with E-state index in [1.165, 1.54) is 6.07 Å². The van der Waals surface area contributed by atoms with Gasteiger partial charge in [-0.05, 0) is 43.3 Å². The van der Waals surface area contributed by atoms with Crippen LogP contribution in [0.2, 0.25) is 0 Å². The first-order valence-corrected chi connectivity index (χ1v) is 9.82. The Morgan fingerprint density at radius 2 is 1.69 bits per heavy atom. The van der Waals surface area contributed by atoms with Crippen molar-refractivity contribution in [3.63, 3.8) is 0 Å². The molecule has 0 spiro atoms. The Morgan fingerprint density at radius 1 is 1.08 bits per heavy atom. The van der Waals surface area contributed by atoms with E-state index < -0.39 is 10.0 Å². The van der Waals surface area contributed by atoms with Crippen LogP contribution in [-0.4, -0.2) is 40.3 Å². The molecular weight excluding hydrogens is 356 g/mol. The van der Waals surface area contributed by atoms with Gasteiger partial charge in [-0.3, -0.25) is 9.52 Å². The number of hydrogen-bond donors (Lipinski definition) is 2. The molecule has 0 aliphatic rings. The molecule has 2 rings (SSSR count). The highest BCUT2D eigenvalue weighted by Gasteiger charge is 2.16. The summed E-state index contributed by atoms with van der Waals surface area (Å²) in [6.07, 6.45) is 1.03. The molecule has 0 fully saturated rings. The van der Waals surface area contributed by atoms with Gasteiger partial charge in [-0.25, -0.2) is 8.42 Å². The number of nitrogens with one attached hydrogen (secondary N) is 2. The van der Waals surface area contributed by atoms with Crippen molar-refractivity contribution in [2.45, 2.75) is 13.0 Å². The summed E-state index contributed by atoms with van der Waals surface area (Å²) in [5.41, 5.74) is 0.477. The molecule has 0 unspecified atom stereocenters. The summed E-state index contributed by atoms with van der Waals surface area (Å²) in [6.45, 7) is 2.06. The molecule has 0 aromatic heterocycles. The van der Waals surface area contributed by atoms with Gasteiger partial charge < -0.3 is 14.8 Å². The molecule has 0 aliphatic carbocycles. The van der Waals surface area contributed by atoms with Crippen LogP contribution < -0.4 is 19.5 Å². The van der Waals surface area contributed by atoms with Gasteiger partial charge in [-0.15, -0.1) is 0 Å². The van der Waals surface area contributed by atoms with E-state index in [0.717, 1.165) is 12.0 Å². The minimum atomic E-state index is -3.48. The minimum absolute atomic E-state index is 0.232. The van der Waals surface area contributed by atoms with Crippen LogP contribution in [0, 0.1) is 0 Å². The molecule has 2 aromatic rings. The van der Waals surface area contributed by atoms with Crippen LogP contribution in [0.3, 0.4) is 0 Å². The van der Waals surface area contributed by atoms with E-state index in [4.69, 9.17) is 9.47 Å². The zero-order valence-electron chi connectivity index (χ0n) is 14.9. The summed E-state index contributed by atoms with van der Waals surface area (Å²) in [4.78, 5) is 12.4. The molecule has 1 atom stereocenters. The van der Waals surface area contributed by atoms with Gasteiger partial charge in [-0.2, -0.15) is 0 Å². The zero-order valence-corrected chi connectivity index (χ0v) is 15.7. The first kappa shape index (κ1) is 19.6. The topological polar surface area (TPSA) is 93.7 Å². The summed E-state index contributed by atoms with van der Waals surface area (Å²) in [5.74, 6) is 1.00. The SMILES string of the molecule is COc1ccc(OC[C@H](C)NC(=O)c2ccccc2NS(C)(=O)=O)cc1. The van der Waals surface area contributed by atoms with E-state index in [2.05, 4.69) is 10.0 Å². The van der Waals surface area contributed by atoms with E-state index in [1.54, 1.807) is 56.5 Å². The van der Waals surface area contributed by atoms with E-state index in [-0.39, 0.29) is 29.8 Å². The fourth-order valence-corrected chi connectivity index (χ4v) is 2.78. The minimum Gasteiger partial charge on any atom is -0.497 e. The predicted octanol–water partition coefficient (Wildman–Crippen LogP) is 2.26. The second-order valence-corrected chi connectivity index (χ2v) is 7.53. The summed E-state index contributed by atoms with van der Waals surface area (Å²) in [6, 6.07) is 13.3. The van der Waals surface area contributed by atoms with Crippen molar-refractivity contribution >= 4 is 21.6 Å². The van der Waals surface area contributed by atoms with Crippen LogP contribution in [0.4, 0.5) is 5.69 Å². The van der Waals surface area contributed by atoms with Gasteiger partial charge >= 0.3 is 0 Å². The van der Waals surface area contributed by atoms with Crippen molar-refractivity contribution in [3.8, 4) is 11.5 Å². The number of ether oxygens (including phenoxy) is 2. The first-order chi connectivity index (χ1) is 12.3. The highest BCUT2D eigenvalue weighted by atomic mass is 32.2. The molecule has 8 heteroatoms. The molecule has 140 valence electrons. The van der Waals surface area contributed by atoms with E-state index in [0.29, 0.717) is 5.75 Å². The lowest BCUT2D eigenvalue weighted by Crippen LogP contribution is -2.37. The Labute approximate surface area is 153 Å². The molecule has 0 radical (unpaired) electrons. The average Bonchev–Trinajstić information content (AvgIpc) is 2.59. The molecule has 26 heavy (non-hydrogen) atoms. The fraction of sp³-hybridized carbons (Fsp3) is 0.278. The van der Waals surface area contributed by atoms with Gasteiger partial charge in [0.1, 0.15) is 18.1 Å². The van der Waals surface area contributed by atoms with Crippen molar-refractivity contribution in [1.82, 2.24) is 5.32 Å². The van der Waals surface area contributed by atoms with Crippen molar-refractivity contribution < 1.29 is 22.7 Å². The maximum atomic E-state index is 12.4. The molecule has 2 N–H and O–H groups in total. The van der Waals surface area contributed by atoms with E-state index in [1.807, 2.05) is 0 Å². The molecule has 0 heterocycles. The summed E-state index contributed by atoms with van der Waals surface area (Å²) in [5, 5.41) is 2.79. The van der Waals surface area contributed by atoms with Gasteiger partial charge in [0.05, 0.1) is 30.7 Å². The lowest BCUT2D eigenvalue weighted by atomic mass is 10.1. The molecule has 0 saturated heterocycles. The molecular formula is C18H22N2O5S. The highest BCUT2D eigenvalue weighted by molar-refractivity contribution is 7.92. The van der Waals surface area contributed by atoms with Gasteiger partial charge in [0.2, 0.25) is 10.0 Å². The number of amides is 1. The second kappa shape index (κ2) is 8.57. The number of rotatable bonds is 8. The Bertz CT molecular complexity index is 850. The Hall–Kier alpha value is -2.74. The smallest absolute Gasteiger partial charge is 0.253 e. The lowest BCUT2D eigenvalue weighted by Gasteiger charge is -2.17. The molecule has 0 aliphatic heterocycles. The second-order valence-electron chi connectivity index (χ2n) is 5.78. The molecule has 7 nitrogen and oxygen atoms in total. The third-order valence-electron chi connectivity index (χ3n) is 3.40. The van der Waals surface area contributed by atoms with Crippen LogP contribution in [0.1, 0.15) is 17.3 Å². The quantitative estimate of drug-likeness (QED) is 0.735. The van der Waals surface area contributed by atoms with Gasteiger partial charge in [0.25, 0.3) is 5.91 Å². The first-order valence-electron chi connectivity index (χ1n) is 7.93. The molecule has 2 aromatic carbocycles. The third kappa shape index (κ3) is 5.96. The number of anilines is 1. The summed E-state index contributed by atoms with van der Waals surface area (Å²) in [7, 11) is -1.89. The molecule has 1 amide bonds. The summed E-state index contributed by atoms with van der Waals surface area (Å²) >= 11 is 0. The monoisotopic (exact) mass is 378 g/mol. The van der Waals surface area contributed by atoms with Crippen molar-refractivity contribution in [1.29, 1.82) is 0 Å². The van der Waals surface area contributed by atoms with Crippen molar-refractivity contribution in [2.75, 3.05) is 24.7 Å². The maximum Gasteiger partial charge on any atom is 0.253 e. The number of methoxy groups -OCH3 is 1. The summed E-state index contributed by atoms with van der Waals surface area (Å²) < 4.78 is 35.9. The van der Waals surface area contributed by atoms with Crippen LogP contribution in [0.5, 0.6) is 11.5 Å². The molecule has 0 bridgehead atoms. The van der Waals surface area contributed by atoms with E-state index >= 15 is 0 Å².